The number of nitrogens with zero attached hydrogens (tertiary/aromatic N) is 1. The van der Waals surface area contributed by atoms with Gasteiger partial charge in [-0.2, -0.15) is 20.5 Å². The molecule has 1 aromatic carbocycles. The molecule has 0 aliphatic carbocycles. The third-order valence-corrected chi connectivity index (χ3v) is 4.65. The van der Waals surface area contributed by atoms with E-state index in [2.05, 4.69) is 10.1 Å². The minimum absolute atomic E-state index is 0.0337. The lowest BCUT2D eigenvalue weighted by atomic mass is 10.1. The molecule has 1 aliphatic heterocycles. The lowest BCUT2D eigenvalue weighted by Crippen LogP contribution is -2.40. The number of anilines is 1. The monoisotopic (exact) mass is 344 g/mol. The molecule has 2 atom stereocenters. The number of halogens is 2. The van der Waals surface area contributed by atoms with E-state index < -0.39 is 6.61 Å². The minimum atomic E-state index is -2.85. The maximum Gasteiger partial charge on any atom is 0.387 e. The number of nitrogens with one attached hydrogen (secondary N) is 1. The third-order valence-electron chi connectivity index (χ3n) is 3.82. The fourth-order valence-electron chi connectivity index (χ4n) is 2.68. The van der Waals surface area contributed by atoms with Crippen LogP contribution < -0.4 is 15.0 Å². The van der Waals surface area contributed by atoms with Crippen molar-refractivity contribution in [2.45, 2.75) is 26.0 Å². The number of para-hydroxylation sites is 2. The lowest BCUT2D eigenvalue weighted by Gasteiger charge is -2.22. The molecule has 0 aromatic heterocycles. The number of hydrogen-bond acceptors (Lipinski definition) is 4. The highest BCUT2D eigenvalue weighted by molar-refractivity contribution is 7.98. The lowest BCUT2D eigenvalue weighted by molar-refractivity contribution is -0.124. The first-order valence-electron chi connectivity index (χ1n) is 7.59. The Hall–Kier alpha value is -1.50. The van der Waals surface area contributed by atoms with Crippen LogP contribution in [0.5, 0.6) is 5.75 Å². The number of benzene rings is 1. The predicted octanol–water partition coefficient (Wildman–Crippen LogP) is 2.98. The van der Waals surface area contributed by atoms with Crippen LogP contribution in [0.1, 0.15) is 13.3 Å². The van der Waals surface area contributed by atoms with Crippen LogP contribution in [0.25, 0.3) is 0 Å². The molecule has 1 aliphatic rings. The van der Waals surface area contributed by atoms with Gasteiger partial charge in [0.05, 0.1) is 5.69 Å². The molecule has 1 saturated heterocycles. The number of thioether (sulfide) groups is 1. The number of alkyl halides is 2. The molecule has 0 radical (unpaired) electrons. The normalized spacial score (nSPS) is 19.0. The van der Waals surface area contributed by atoms with E-state index >= 15 is 0 Å². The van der Waals surface area contributed by atoms with Crippen molar-refractivity contribution in [1.29, 1.82) is 0 Å². The second-order valence-corrected chi connectivity index (χ2v) is 6.55. The molecule has 4 nitrogen and oxygen atoms in total. The maximum absolute atomic E-state index is 12.5. The molecule has 23 heavy (non-hydrogen) atoms. The summed E-state index contributed by atoms with van der Waals surface area (Å²) in [5.74, 6) is 0.967. The Kier molecular flexibility index (Phi) is 6.50. The summed E-state index contributed by atoms with van der Waals surface area (Å²) in [6.45, 7) is 0.360. The average Bonchev–Trinajstić information content (AvgIpc) is 2.95. The van der Waals surface area contributed by atoms with Crippen molar-refractivity contribution in [3.63, 3.8) is 0 Å². The number of ether oxygens (including phenoxy) is 1. The standard InChI is InChI=1S/C16H22F2N2O2S/c1-11(10-23-2)15(21)19-12-7-8-20(9-12)13-5-3-4-6-14(13)22-16(17)18/h3-6,11-12,16H,7-10H2,1-2H3,(H,19,21)/t11-,12-/m0/s1. The minimum Gasteiger partial charge on any atom is -0.433 e. The van der Waals surface area contributed by atoms with Crippen LogP contribution in [0, 0.1) is 5.92 Å². The van der Waals surface area contributed by atoms with Gasteiger partial charge in [0.2, 0.25) is 5.91 Å². The fraction of sp³-hybridized carbons (Fsp3) is 0.562. The number of rotatable bonds is 7. The third kappa shape index (κ3) is 4.99. The zero-order valence-corrected chi connectivity index (χ0v) is 14.1. The molecule has 1 heterocycles. The molecule has 128 valence electrons. The Morgan fingerprint density at radius 1 is 1.48 bits per heavy atom. The van der Waals surface area contributed by atoms with Crippen LogP contribution in [0.2, 0.25) is 0 Å². The van der Waals surface area contributed by atoms with Gasteiger partial charge in [0, 0.05) is 30.8 Å². The highest BCUT2D eigenvalue weighted by Gasteiger charge is 2.27. The summed E-state index contributed by atoms with van der Waals surface area (Å²) >= 11 is 1.64. The first-order chi connectivity index (χ1) is 11.0. The van der Waals surface area contributed by atoms with E-state index in [1.165, 1.54) is 6.07 Å². The van der Waals surface area contributed by atoms with Crippen molar-refractivity contribution in [2.75, 3.05) is 30.0 Å². The van der Waals surface area contributed by atoms with Crippen LogP contribution in [0.15, 0.2) is 24.3 Å². The number of carbonyl (C=O) groups excluding carboxylic acids is 1. The first kappa shape index (κ1) is 17.8. The molecule has 0 bridgehead atoms. The summed E-state index contributed by atoms with van der Waals surface area (Å²) in [7, 11) is 0. The van der Waals surface area contributed by atoms with Gasteiger partial charge in [0.25, 0.3) is 0 Å². The van der Waals surface area contributed by atoms with Crippen LogP contribution in [0.4, 0.5) is 14.5 Å². The van der Waals surface area contributed by atoms with Gasteiger partial charge in [-0.25, -0.2) is 0 Å². The van der Waals surface area contributed by atoms with Gasteiger partial charge in [-0.15, -0.1) is 0 Å². The van der Waals surface area contributed by atoms with Gasteiger partial charge in [0.1, 0.15) is 5.75 Å². The molecule has 1 aromatic rings. The predicted molar refractivity (Wildman–Crippen MR) is 89.4 cm³/mol. The SMILES string of the molecule is CSC[C@H](C)C(=O)N[C@H]1CCN(c2ccccc2OC(F)F)C1. The average molecular weight is 344 g/mol. The summed E-state index contributed by atoms with van der Waals surface area (Å²) in [5.41, 5.74) is 0.640. The number of hydrogen-bond donors (Lipinski definition) is 1. The molecule has 0 spiro atoms. The van der Waals surface area contributed by atoms with Gasteiger partial charge >= 0.3 is 6.61 Å². The van der Waals surface area contributed by atoms with Gasteiger partial charge in [-0.3, -0.25) is 4.79 Å². The molecule has 7 heteroatoms. The van der Waals surface area contributed by atoms with Crippen molar-refractivity contribution in [3.05, 3.63) is 24.3 Å². The maximum atomic E-state index is 12.5. The molecule has 0 unspecified atom stereocenters. The van der Waals surface area contributed by atoms with Crippen LogP contribution in [-0.2, 0) is 4.79 Å². The molecular formula is C16H22F2N2O2S. The summed E-state index contributed by atoms with van der Waals surface area (Å²) in [5, 5.41) is 3.04. The van der Waals surface area contributed by atoms with Gasteiger partial charge < -0.3 is 15.0 Å². The second kappa shape index (κ2) is 8.38. The first-order valence-corrected chi connectivity index (χ1v) is 8.98. The fourth-order valence-corrected chi connectivity index (χ4v) is 3.33. The number of amides is 1. The zero-order valence-electron chi connectivity index (χ0n) is 13.3. The molecular weight excluding hydrogens is 322 g/mol. The van der Waals surface area contributed by atoms with E-state index in [1.54, 1.807) is 30.0 Å². The molecule has 1 amide bonds. The van der Waals surface area contributed by atoms with Crippen molar-refractivity contribution in [1.82, 2.24) is 5.32 Å². The topological polar surface area (TPSA) is 41.6 Å². The van der Waals surface area contributed by atoms with E-state index in [4.69, 9.17) is 0 Å². The van der Waals surface area contributed by atoms with E-state index in [1.807, 2.05) is 18.1 Å². The van der Waals surface area contributed by atoms with Crippen LogP contribution >= 0.6 is 11.8 Å². The summed E-state index contributed by atoms with van der Waals surface area (Å²) in [4.78, 5) is 14.1. The summed E-state index contributed by atoms with van der Waals surface area (Å²) < 4.78 is 29.6. The van der Waals surface area contributed by atoms with Crippen molar-refractivity contribution in [3.8, 4) is 5.75 Å². The smallest absolute Gasteiger partial charge is 0.387 e. The zero-order chi connectivity index (χ0) is 16.8. The molecule has 1 N–H and O–H groups in total. The van der Waals surface area contributed by atoms with E-state index in [0.29, 0.717) is 18.8 Å². The van der Waals surface area contributed by atoms with Crippen LogP contribution in [-0.4, -0.2) is 43.7 Å². The Bertz CT molecular complexity index is 531. The summed E-state index contributed by atoms with van der Waals surface area (Å²) in [6, 6.07) is 6.79. The van der Waals surface area contributed by atoms with Crippen molar-refractivity contribution in [2.24, 2.45) is 5.92 Å². The molecule has 0 saturated carbocycles. The van der Waals surface area contributed by atoms with E-state index in [9.17, 15) is 13.6 Å². The Labute approximate surface area is 139 Å². The Morgan fingerprint density at radius 2 is 2.22 bits per heavy atom. The largest absolute Gasteiger partial charge is 0.433 e. The van der Waals surface area contributed by atoms with Gasteiger partial charge in [-0.05, 0) is 24.8 Å². The molecule has 1 fully saturated rings. The van der Waals surface area contributed by atoms with Crippen molar-refractivity contribution < 1.29 is 18.3 Å². The van der Waals surface area contributed by atoms with Crippen molar-refractivity contribution >= 4 is 23.4 Å². The quantitative estimate of drug-likeness (QED) is 0.826. The van der Waals surface area contributed by atoms with E-state index in [0.717, 1.165) is 12.2 Å². The Balaban J connectivity index is 1.96. The highest BCUT2D eigenvalue weighted by Crippen LogP contribution is 2.31. The second-order valence-electron chi connectivity index (χ2n) is 5.64. The van der Waals surface area contributed by atoms with Crippen LogP contribution in [0.3, 0.4) is 0 Å². The number of carbonyl (C=O) groups is 1. The van der Waals surface area contributed by atoms with Gasteiger partial charge in [-0.1, -0.05) is 19.1 Å². The van der Waals surface area contributed by atoms with Gasteiger partial charge in [0.15, 0.2) is 0 Å². The highest BCUT2D eigenvalue weighted by atomic mass is 32.2. The Morgan fingerprint density at radius 3 is 2.91 bits per heavy atom. The molecule has 2 rings (SSSR count). The summed E-state index contributed by atoms with van der Waals surface area (Å²) in [6.07, 6.45) is 2.77. The van der Waals surface area contributed by atoms with E-state index in [-0.39, 0.29) is 23.6 Å².